The van der Waals surface area contributed by atoms with Crippen LogP contribution >= 0.6 is 0 Å². The van der Waals surface area contributed by atoms with Gasteiger partial charge in [-0.3, -0.25) is 4.79 Å². The fourth-order valence-electron chi connectivity index (χ4n) is 3.97. The van der Waals surface area contributed by atoms with Crippen LogP contribution in [0.2, 0.25) is 0 Å². The molecule has 184 valence electrons. The molecule has 7 nitrogen and oxygen atoms in total. The van der Waals surface area contributed by atoms with Crippen LogP contribution in [0.5, 0.6) is 11.5 Å². The summed E-state index contributed by atoms with van der Waals surface area (Å²) in [6.45, 7) is 8.81. The van der Waals surface area contributed by atoms with Crippen molar-refractivity contribution < 1.29 is 29.2 Å². The van der Waals surface area contributed by atoms with E-state index in [1.54, 1.807) is 14.2 Å². The maximum absolute atomic E-state index is 11.5. The molecule has 0 aliphatic rings. The van der Waals surface area contributed by atoms with Gasteiger partial charge in [-0.1, -0.05) is 33.3 Å². The van der Waals surface area contributed by atoms with E-state index in [0.29, 0.717) is 31.1 Å². The molecule has 4 atom stereocenters. The number of aliphatic hydroxyl groups excluding tert-OH is 1. The molecule has 1 aromatic carbocycles. The number of carboxylic acids is 1. The van der Waals surface area contributed by atoms with Gasteiger partial charge in [0.15, 0.2) is 11.5 Å². The van der Waals surface area contributed by atoms with Gasteiger partial charge in [-0.15, -0.1) is 0 Å². The number of ether oxygens (including phenoxy) is 3. The summed E-state index contributed by atoms with van der Waals surface area (Å²) in [5.74, 6) is 0.0446. The molecule has 7 heteroatoms. The monoisotopic (exact) mass is 453 g/mol. The maximum Gasteiger partial charge on any atom is 0.306 e. The molecule has 32 heavy (non-hydrogen) atoms. The first kappa shape index (κ1) is 28.2. The normalized spacial score (nSPS) is 16.3. The Labute approximate surface area is 193 Å². The first-order valence-corrected chi connectivity index (χ1v) is 11.5. The lowest BCUT2D eigenvalue weighted by Gasteiger charge is -2.35. The second-order valence-electron chi connectivity index (χ2n) is 9.31. The van der Waals surface area contributed by atoms with Gasteiger partial charge in [-0.25, -0.2) is 0 Å². The molecule has 0 radical (unpaired) electrons. The maximum atomic E-state index is 11.5. The van der Waals surface area contributed by atoms with Crippen molar-refractivity contribution in [2.75, 3.05) is 27.4 Å². The molecule has 0 aliphatic heterocycles. The highest BCUT2D eigenvalue weighted by Crippen LogP contribution is 2.32. The third-order valence-electron chi connectivity index (χ3n) is 6.17. The smallest absolute Gasteiger partial charge is 0.306 e. The van der Waals surface area contributed by atoms with E-state index in [-0.39, 0.29) is 18.3 Å². The predicted octanol–water partition coefficient (Wildman–Crippen LogP) is 3.89. The summed E-state index contributed by atoms with van der Waals surface area (Å²) in [7, 11) is 3.29. The number of aliphatic hydroxyl groups is 1. The molecular formula is C25H43NO6. The Balaban J connectivity index is 2.85. The van der Waals surface area contributed by atoms with E-state index >= 15 is 0 Å². The average Bonchev–Trinajstić information content (AvgIpc) is 2.73. The highest BCUT2D eigenvalue weighted by atomic mass is 16.5. The number of nitrogens with two attached hydrogens (primary N) is 1. The lowest BCUT2D eigenvalue weighted by molar-refractivity contribution is -0.145. The number of methoxy groups -OCH3 is 2. The number of benzene rings is 1. The molecule has 1 rings (SSSR count). The molecule has 0 amide bonds. The van der Waals surface area contributed by atoms with Crippen LogP contribution in [0.4, 0.5) is 0 Å². The molecule has 0 unspecified atom stereocenters. The number of rotatable bonds is 16. The van der Waals surface area contributed by atoms with Crippen LogP contribution in [0.1, 0.15) is 58.9 Å². The predicted molar refractivity (Wildman–Crippen MR) is 126 cm³/mol. The van der Waals surface area contributed by atoms with Crippen LogP contribution < -0.4 is 15.2 Å². The van der Waals surface area contributed by atoms with Crippen molar-refractivity contribution in [2.24, 2.45) is 23.5 Å². The van der Waals surface area contributed by atoms with Gasteiger partial charge in [-0.05, 0) is 55.7 Å². The van der Waals surface area contributed by atoms with E-state index in [2.05, 4.69) is 6.92 Å². The van der Waals surface area contributed by atoms with Crippen LogP contribution in [0.3, 0.4) is 0 Å². The summed E-state index contributed by atoms with van der Waals surface area (Å²) >= 11 is 0. The molecule has 0 bridgehead atoms. The number of hydrogen-bond acceptors (Lipinski definition) is 6. The number of carboxylic acid groups (broad SMARTS) is 1. The fraction of sp³-hybridized carbons (Fsp3) is 0.720. The van der Waals surface area contributed by atoms with Crippen LogP contribution in [-0.2, 0) is 16.0 Å². The Bertz CT molecular complexity index is 691. The van der Waals surface area contributed by atoms with Crippen LogP contribution in [0.25, 0.3) is 0 Å². The molecule has 0 heterocycles. The van der Waals surface area contributed by atoms with Gasteiger partial charge in [0.1, 0.15) is 0 Å². The van der Waals surface area contributed by atoms with Gasteiger partial charge in [0.05, 0.1) is 25.7 Å². The van der Waals surface area contributed by atoms with E-state index in [4.69, 9.17) is 19.9 Å². The SMILES string of the molecule is CC[C@@H](Cc1ccc(OC)c(OCCCOC)c1)C[C@](C)(N)[C@@H](O)C[C@H](C(=O)O)C(C)C. The Morgan fingerprint density at radius 3 is 2.41 bits per heavy atom. The van der Waals surface area contributed by atoms with Gasteiger partial charge in [0.25, 0.3) is 0 Å². The molecule has 0 saturated carbocycles. The van der Waals surface area contributed by atoms with Crippen LogP contribution in [0, 0.1) is 17.8 Å². The van der Waals surface area contributed by atoms with Gasteiger partial charge in [0.2, 0.25) is 0 Å². The molecular weight excluding hydrogens is 410 g/mol. The fourth-order valence-corrected chi connectivity index (χ4v) is 3.97. The molecule has 0 spiro atoms. The standard InChI is InChI=1S/C25H43NO6/c1-7-18(16-25(4,26)23(27)15-20(17(2)3)24(28)29)13-19-9-10-21(31-6)22(14-19)32-12-8-11-30-5/h9-10,14,17-18,20,23,27H,7-8,11-13,15-16,26H2,1-6H3,(H,28,29)/t18-,20-,23-,25-/m0/s1. The van der Waals surface area contributed by atoms with Crippen LogP contribution in [0.15, 0.2) is 18.2 Å². The van der Waals surface area contributed by atoms with Gasteiger partial charge < -0.3 is 30.2 Å². The van der Waals surface area contributed by atoms with Crippen molar-refractivity contribution >= 4 is 5.97 Å². The molecule has 1 aromatic rings. The Morgan fingerprint density at radius 1 is 1.19 bits per heavy atom. The Kier molecular flexibility index (Phi) is 12.0. The summed E-state index contributed by atoms with van der Waals surface area (Å²) in [6.07, 6.45) is 2.31. The molecule has 0 fully saturated rings. The van der Waals surface area contributed by atoms with Crippen LogP contribution in [-0.4, -0.2) is 55.3 Å². The van der Waals surface area contributed by atoms with Gasteiger partial charge >= 0.3 is 5.97 Å². The van der Waals surface area contributed by atoms with Crippen molar-refractivity contribution in [2.45, 2.75) is 71.4 Å². The van der Waals surface area contributed by atoms with E-state index in [1.165, 1.54) is 0 Å². The first-order valence-electron chi connectivity index (χ1n) is 11.5. The number of carbonyl (C=O) groups is 1. The highest BCUT2D eigenvalue weighted by molar-refractivity contribution is 5.70. The summed E-state index contributed by atoms with van der Waals surface area (Å²) < 4.78 is 16.4. The Hall–Kier alpha value is -1.83. The highest BCUT2D eigenvalue weighted by Gasteiger charge is 2.35. The van der Waals surface area contributed by atoms with E-state index < -0.39 is 23.5 Å². The minimum atomic E-state index is -0.893. The van der Waals surface area contributed by atoms with E-state index in [9.17, 15) is 15.0 Å². The number of hydrogen-bond donors (Lipinski definition) is 3. The minimum absolute atomic E-state index is 0.0680. The summed E-state index contributed by atoms with van der Waals surface area (Å²) in [6, 6.07) is 5.93. The second kappa shape index (κ2) is 13.7. The van der Waals surface area contributed by atoms with Gasteiger partial charge in [0, 0.05) is 25.7 Å². The molecule has 0 saturated heterocycles. The van der Waals surface area contributed by atoms with Crippen molar-refractivity contribution in [3.63, 3.8) is 0 Å². The molecule has 4 N–H and O–H groups in total. The number of aliphatic carboxylic acids is 1. The summed E-state index contributed by atoms with van der Waals surface area (Å²) in [4.78, 5) is 11.5. The van der Waals surface area contributed by atoms with Crippen molar-refractivity contribution in [1.29, 1.82) is 0 Å². The molecule has 0 aromatic heterocycles. The third kappa shape index (κ3) is 8.96. The zero-order chi connectivity index (χ0) is 24.3. The molecule has 0 aliphatic carbocycles. The Morgan fingerprint density at radius 2 is 1.88 bits per heavy atom. The second-order valence-corrected chi connectivity index (χ2v) is 9.31. The topological polar surface area (TPSA) is 111 Å². The zero-order valence-electron chi connectivity index (χ0n) is 20.6. The van der Waals surface area contributed by atoms with Crippen molar-refractivity contribution in [1.82, 2.24) is 0 Å². The first-order chi connectivity index (χ1) is 15.0. The zero-order valence-corrected chi connectivity index (χ0v) is 20.6. The average molecular weight is 454 g/mol. The van der Waals surface area contributed by atoms with Crippen molar-refractivity contribution in [3.05, 3.63) is 23.8 Å². The summed E-state index contributed by atoms with van der Waals surface area (Å²) in [5, 5.41) is 20.2. The van der Waals surface area contributed by atoms with Crippen molar-refractivity contribution in [3.8, 4) is 11.5 Å². The largest absolute Gasteiger partial charge is 0.493 e. The summed E-state index contributed by atoms with van der Waals surface area (Å²) in [5.41, 5.74) is 6.74. The quantitative estimate of drug-likeness (QED) is 0.326. The third-order valence-corrected chi connectivity index (χ3v) is 6.17. The van der Waals surface area contributed by atoms with E-state index in [0.717, 1.165) is 24.8 Å². The lowest BCUT2D eigenvalue weighted by atomic mass is 9.77. The van der Waals surface area contributed by atoms with Gasteiger partial charge in [-0.2, -0.15) is 0 Å². The van der Waals surface area contributed by atoms with E-state index in [1.807, 2.05) is 39.0 Å². The lowest BCUT2D eigenvalue weighted by Crippen LogP contribution is -2.51. The minimum Gasteiger partial charge on any atom is -0.493 e.